The summed E-state index contributed by atoms with van der Waals surface area (Å²) in [5, 5.41) is 0. The lowest BCUT2D eigenvalue weighted by Gasteiger charge is -1.85. The van der Waals surface area contributed by atoms with Crippen LogP contribution in [0, 0.1) is 0 Å². The molecule has 0 aliphatic carbocycles. The molecule has 0 nitrogen and oxygen atoms in total. The summed E-state index contributed by atoms with van der Waals surface area (Å²) in [6.45, 7) is 0. The quantitative estimate of drug-likeness (QED) is 0.408. The highest BCUT2D eigenvalue weighted by molar-refractivity contribution is 6.25. The molecule has 0 aliphatic heterocycles. The SMILES string of the molecule is FC(F)=C(F)/C(F)=C/Cl. The zero-order valence-electron chi connectivity index (χ0n) is 3.97. The first-order chi connectivity index (χ1) is 4.09. The number of hydrogen-bond acceptors (Lipinski definition) is 0. The fourth-order valence-corrected chi connectivity index (χ4v) is 0.234. The van der Waals surface area contributed by atoms with Crippen LogP contribution in [0.3, 0.4) is 0 Å². The molecule has 0 atom stereocenters. The van der Waals surface area contributed by atoms with Gasteiger partial charge in [-0.1, -0.05) is 11.6 Å². The Morgan fingerprint density at radius 2 is 1.56 bits per heavy atom. The van der Waals surface area contributed by atoms with Gasteiger partial charge in [0.25, 0.3) is 0 Å². The minimum absolute atomic E-state index is 0.0918. The van der Waals surface area contributed by atoms with E-state index in [4.69, 9.17) is 0 Å². The molecule has 0 heterocycles. The second-order valence-electron chi connectivity index (χ2n) is 1.03. The second kappa shape index (κ2) is 3.50. The molecule has 0 amide bonds. The highest BCUT2D eigenvalue weighted by atomic mass is 35.5. The smallest absolute Gasteiger partial charge is 0.203 e. The zero-order chi connectivity index (χ0) is 7.44. The van der Waals surface area contributed by atoms with E-state index in [1.807, 2.05) is 0 Å². The van der Waals surface area contributed by atoms with Crippen molar-refractivity contribution in [2.24, 2.45) is 0 Å². The Bertz CT molecular complexity index is 156. The molecule has 0 bridgehead atoms. The van der Waals surface area contributed by atoms with E-state index in [1.165, 1.54) is 0 Å². The van der Waals surface area contributed by atoms with Crippen LogP contribution in [0.1, 0.15) is 0 Å². The highest BCUT2D eigenvalue weighted by Gasteiger charge is 2.09. The van der Waals surface area contributed by atoms with Gasteiger partial charge in [0.05, 0.1) is 0 Å². The first kappa shape index (κ1) is 8.49. The summed E-state index contributed by atoms with van der Waals surface area (Å²) in [5.74, 6) is -3.98. The molecule has 0 N–H and O–H groups in total. The van der Waals surface area contributed by atoms with E-state index in [0.29, 0.717) is 0 Å². The number of rotatable bonds is 1. The van der Waals surface area contributed by atoms with E-state index in [1.54, 1.807) is 0 Å². The summed E-state index contributed by atoms with van der Waals surface area (Å²) in [4.78, 5) is 0. The van der Waals surface area contributed by atoms with Crippen LogP contribution in [0.25, 0.3) is 0 Å². The van der Waals surface area contributed by atoms with Crippen molar-refractivity contribution in [3.63, 3.8) is 0 Å². The lowest BCUT2D eigenvalue weighted by atomic mass is 10.5. The van der Waals surface area contributed by atoms with Crippen molar-refractivity contribution in [2.75, 3.05) is 0 Å². The van der Waals surface area contributed by atoms with E-state index >= 15 is 0 Å². The minimum atomic E-state index is -2.72. The molecule has 0 rings (SSSR count). The minimum Gasteiger partial charge on any atom is -0.203 e. The van der Waals surface area contributed by atoms with Gasteiger partial charge in [-0.2, -0.15) is 13.2 Å². The predicted octanol–water partition coefficient (Wildman–Crippen LogP) is 3.11. The molecule has 0 saturated heterocycles. The predicted molar refractivity (Wildman–Crippen MR) is 25.4 cm³/mol. The third-order valence-corrected chi connectivity index (χ3v) is 0.663. The van der Waals surface area contributed by atoms with Crippen molar-refractivity contribution < 1.29 is 17.6 Å². The summed E-state index contributed by atoms with van der Waals surface area (Å²) in [6, 6.07) is 0. The molecule has 0 aliphatic rings. The molecular formula is C4HClF4. The summed E-state index contributed by atoms with van der Waals surface area (Å²) in [5.41, 5.74) is 0.0918. The number of allylic oxidation sites excluding steroid dienone is 2. The molecule has 0 saturated carbocycles. The molecular weight excluding hydrogens is 159 g/mol. The maximum absolute atomic E-state index is 11.6. The Balaban J connectivity index is 4.40. The number of halogens is 5. The van der Waals surface area contributed by atoms with E-state index < -0.39 is 17.7 Å². The Morgan fingerprint density at radius 3 is 1.67 bits per heavy atom. The summed E-state index contributed by atoms with van der Waals surface area (Å²) >= 11 is 4.55. The van der Waals surface area contributed by atoms with Crippen molar-refractivity contribution in [2.45, 2.75) is 0 Å². The van der Waals surface area contributed by atoms with E-state index in [2.05, 4.69) is 11.6 Å². The van der Waals surface area contributed by atoms with Crippen molar-refractivity contribution in [1.82, 2.24) is 0 Å². The third kappa shape index (κ3) is 2.51. The molecule has 0 spiro atoms. The van der Waals surface area contributed by atoms with Crippen LogP contribution >= 0.6 is 11.6 Å². The molecule has 5 heteroatoms. The normalized spacial score (nSPS) is 11.4. The first-order valence-electron chi connectivity index (χ1n) is 1.76. The van der Waals surface area contributed by atoms with E-state index in [-0.39, 0.29) is 5.54 Å². The van der Waals surface area contributed by atoms with Crippen LogP contribution in [0.5, 0.6) is 0 Å². The Kier molecular flexibility index (Phi) is 3.30. The van der Waals surface area contributed by atoms with Crippen molar-refractivity contribution >= 4 is 11.6 Å². The third-order valence-electron chi connectivity index (χ3n) is 0.471. The van der Waals surface area contributed by atoms with E-state index in [9.17, 15) is 17.6 Å². The van der Waals surface area contributed by atoms with Gasteiger partial charge in [-0.05, 0) is 0 Å². The maximum Gasteiger partial charge on any atom is 0.308 e. The fraction of sp³-hybridized carbons (Fsp3) is 0. The molecule has 0 aromatic carbocycles. The maximum atomic E-state index is 11.6. The van der Waals surface area contributed by atoms with Crippen LogP contribution in [0.4, 0.5) is 17.6 Å². The molecule has 0 aromatic heterocycles. The standard InChI is InChI=1S/C4HClF4/c5-1-2(6)3(7)4(8)9/h1H/b2-1-. The average Bonchev–Trinajstić information content (AvgIpc) is 1.84. The lowest BCUT2D eigenvalue weighted by molar-refractivity contribution is 0.372. The van der Waals surface area contributed by atoms with Gasteiger partial charge < -0.3 is 0 Å². The Hall–Kier alpha value is -0.510. The van der Waals surface area contributed by atoms with Crippen LogP contribution in [-0.4, -0.2) is 0 Å². The Labute approximate surface area is 53.4 Å². The largest absolute Gasteiger partial charge is 0.308 e. The van der Waals surface area contributed by atoms with Gasteiger partial charge in [-0.3, -0.25) is 0 Å². The van der Waals surface area contributed by atoms with Gasteiger partial charge in [0, 0.05) is 5.54 Å². The average molecular weight is 160 g/mol. The van der Waals surface area contributed by atoms with E-state index in [0.717, 1.165) is 0 Å². The second-order valence-corrected chi connectivity index (χ2v) is 1.25. The Morgan fingerprint density at radius 1 is 1.11 bits per heavy atom. The van der Waals surface area contributed by atoms with Gasteiger partial charge in [-0.25, -0.2) is 4.39 Å². The molecule has 0 radical (unpaired) electrons. The lowest BCUT2D eigenvalue weighted by Crippen LogP contribution is -1.74. The highest BCUT2D eigenvalue weighted by Crippen LogP contribution is 2.19. The summed E-state index contributed by atoms with van der Waals surface area (Å²) < 4.78 is 45.2. The van der Waals surface area contributed by atoms with Crippen LogP contribution in [0.2, 0.25) is 0 Å². The summed E-state index contributed by atoms with van der Waals surface area (Å²) in [6.07, 6.45) is -2.72. The zero-order valence-corrected chi connectivity index (χ0v) is 4.72. The van der Waals surface area contributed by atoms with Gasteiger partial charge in [0.1, 0.15) is 0 Å². The van der Waals surface area contributed by atoms with Gasteiger partial charge >= 0.3 is 6.08 Å². The van der Waals surface area contributed by atoms with Crippen molar-refractivity contribution in [3.8, 4) is 0 Å². The van der Waals surface area contributed by atoms with Gasteiger partial charge in [0.2, 0.25) is 5.83 Å². The molecule has 0 fully saturated rings. The van der Waals surface area contributed by atoms with Crippen molar-refractivity contribution in [1.29, 1.82) is 0 Å². The molecule has 0 aromatic rings. The van der Waals surface area contributed by atoms with Crippen LogP contribution in [0.15, 0.2) is 23.3 Å². The molecule has 9 heavy (non-hydrogen) atoms. The van der Waals surface area contributed by atoms with Gasteiger partial charge in [-0.15, -0.1) is 0 Å². The van der Waals surface area contributed by atoms with Crippen LogP contribution < -0.4 is 0 Å². The molecule has 0 unspecified atom stereocenters. The first-order valence-corrected chi connectivity index (χ1v) is 2.20. The monoisotopic (exact) mass is 160 g/mol. The fourth-order valence-electron chi connectivity index (χ4n) is 0.138. The number of hydrogen-bond donors (Lipinski definition) is 0. The van der Waals surface area contributed by atoms with Gasteiger partial charge in [0.15, 0.2) is 5.83 Å². The molecule has 52 valence electrons. The topological polar surface area (TPSA) is 0 Å². The van der Waals surface area contributed by atoms with Crippen LogP contribution in [-0.2, 0) is 0 Å². The summed E-state index contributed by atoms with van der Waals surface area (Å²) in [7, 11) is 0. The van der Waals surface area contributed by atoms with Crippen molar-refractivity contribution in [3.05, 3.63) is 23.3 Å².